The highest BCUT2D eigenvalue weighted by Crippen LogP contribution is 2.21. The first-order valence-electron chi connectivity index (χ1n) is 6.48. The van der Waals surface area contributed by atoms with Crippen LogP contribution < -0.4 is 4.90 Å². The molecule has 1 heterocycles. The monoisotopic (exact) mass is 290 g/mol. The van der Waals surface area contributed by atoms with Crippen molar-refractivity contribution in [3.63, 3.8) is 0 Å². The molecule has 0 fully saturated rings. The second kappa shape index (κ2) is 6.52. The highest BCUT2D eigenvalue weighted by Gasteiger charge is 2.12. The van der Waals surface area contributed by atoms with Crippen LogP contribution in [0.25, 0.3) is 0 Å². The van der Waals surface area contributed by atoms with Crippen LogP contribution in [0.1, 0.15) is 22.6 Å². The standard InChI is InChI=1S/C15H18N2O2S/c1-11-3-5-13(6-4-11)17(8-7-15(18)19)9-14-12(2)16-10-20-14/h3-6,10H,7-9H2,1-2H3,(H,18,19). The van der Waals surface area contributed by atoms with Gasteiger partial charge in [-0.2, -0.15) is 0 Å². The number of aromatic nitrogens is 1. The van der Waals surface area contributed by atoms with E-state index in [9.17, 15) is 4.79 Å². The second-order valence-electron chi connectivity index (χ2n) is 4.76. The maximum Gasteiger partial charge on any atom is 0.305 e. The Hall–Kier alpha value is -1.88. The van der Waals surface area contributed by atoms with Gasteiger partial charge in [0.25, 0.3) is 0 Å². The Morgan fingerprint density at radius 2 is 2.00 bits per heavy atom. The maximum absolute atomic E-state index is 10.8. The molecule has 4 nitrogen and oxygen atoms in total. The molecule has 0 aliphatic rings. The zero-order chi connectivity index (χ0) is 14.5. The molecule has 0 aliphatic carbocycles. The number of aliphatic carboxylic acids is 1. The predicted octanol–water partition coefficient (Wildman–Crippen LogP) is 3.24. The van der Waals surface area contributed by atoms with Crippen molar-refractivity contribution in [1.29, 1.82) is 0 Å². The van der Waals surface area contributed by atoms with Crippen LogP contribution in [0.15, 0.2) is 29.8 Å². The molecule has 0 saturated carbocycles. The summed E-state index contributed by atoms with van der Waals surface area (Å²) in [5, 5.41) is 8.90. The van der Waals surface area contributed by atoms with Crippen molar-refractivity contribution in [2.45, 2.75) is 26.8 Å². The Balaban J connectivity index is 2.17. The molecule has 0 radical (unpaired) electrons. The number of carbonyl (C=O) groups is 1. The quantitative estimate of drug-likeness (QED) is 0.887. The zero-order valence-electron chi connectivity index (χ0n) is 11.7. The van der Waals surface area contributed by atoms with E-state index >= 15 is 0 Å². The topological polar surface area (TPSA) is 53.4 Å². The summed E-state index contributed by atoms with van der Waals surface area (Å²) < 4.78 is 0. The van der Waals surface area contributed by atoms with Gasteiger partial charge in [0.2, 0.25) is 0 Å². The summed E-state index contributed by atoms with van der Waals surface area (Å²) >= 11 is 1.61. The largest absolute Gasteiger partial charge is 0.481 e. The number of benzene rings is 1. The fraction of sp³-hybridized carbons (Fsp3) is 0.333. The Morgan fingerprint density at radius 3 is 2.55 bits per heavy atom. The normalized spacial score (nSPS) is 10.5. The minimum atomic E-state index is -0.775. The first-order chi connectivity index (χ1) is 9.56. The number of thiazole rings is 1. The van der Waals surface area contributed by atoms with Gasteiger partial charge in [-0.25, -0.2) is 4.98 Å². The summed E-state index contributed by atoms with van der Waals surface area (Å²) in [6.07, 6.45) is 0.131. The summed E-state index contributed by atoms with van der Waals surface area (Å²) in [4.78, 5) is 18.3. The van der Waals surface area contributed by atoms with E-state index in [0.717, 1.165) is 11.4 Å². The third kappa shape index (κ3) is 3.81. The van der Waals surface area contributed by atoms with Gasteiger partial charge < -0.3 is 10.0 Å². The molecule has 1 aromatic heterocycles. The molecule has 2 rings (SSSR count). The molecular weight excluding hydrogens is 272 g/mol. The molecule has 1 aromatic carbocycles. The number of rotatable bonds is 6. The van der Waals surface area contributed by atoms with E-state index < -0.39 is 5.97 Å². The van der Waals surface area contributed by atoms with Crippen molar-refractivity contribution >= 4 is 23.0 Å². The molecule has 1 N–H and O–H groups in total. The Kier molecular flexibility index (Phi) is 4.74. The summed E-state index contributed by atoms with van der Waals surface area (Å²) in [5.74, 6) is -0.775. The van der Waals surface area contributed by atoms with Crippen LogP contribution in [0.2, 0.25) is 0 Å². The van der Waals surface area contributed by atoms with Crippen LogP contribution in [0, 0.1) is 13.8 Å². The summed E-state index contributed by atoms with van der Waals surface area (Å²) in [5.41, 5.74) is 5.09. The van der Waals surface area contributed by atoms with Gasteiger partial charge in [0.15, 0.2) is 0 Å². The fourth-order valence-electron chi connectivity index (χ4n) is 1.94. The van der Waals surface area contributed by atoms with Crippen LogP contribution in [-0.4, -0.2) is 22.6 Å². The lowest BCUT2D eigenvalue weighted by Gasteiger charge is -2.24. The number of nitrogens with zero attached hydrogens (tertiary/aromatic N) is 2. The minimum Gasteiger partial charge on any atom is -0.481 e. The molecule has 0 amide bonds. The summed E-state index contributed by atoms with van der Waals surface area (Å²) in [6, 6.07) is 8.16. The number of hydrogen-bond donors (Lipinski definition) is 1. The Labute approximate surface area is 122 Å². The van der Waals surface area contributed by atoms with Gasteiger partial charge in [0, 0.05) is 17.1 Å². The van der Waals surface area contributed by atoms with Crippen molar-refractivity contribution in [1.82, 2.24) is 4.98 Å². The lowest BCUT2D eigenvalue weighted by Crippen LogP contribution is -2.25. The average molecular weight is 290 g/mol. The molecule has 0 spiro atoms. The minimum absolute atomic E-state index is 0.131. The third-order valence-corrected chi connectivity index (χ3v) is 4.09. The van der Waals surface area contributed by atoms with Crippen molar-refractivity contribution in [2.75, 3.05) is 11.4 Å². The molecule has 0 saturated heterocycles. The highest BCUT2D eigenvalue weighted by molar-refractivity contribution is 7.09. The Bertz CT molecular complexity index is 578. The van der Waals surface area contributed by atoms with E-state index in [-0.39, 0.29) is 6.42 Å². The lowest BCUT2D eigenvalue weighted by molar-refractivity contribution is -0.136. The average Bonchev–Trinajstić information content (AvgIpc) is 2.81. The summed E-state index contributed by atoms with van der Waals surface area (Å²) in [6.45, 7) is 5.22. The number of carboxylic acid groups (broad SMARTS) is 1. The number of aryl methyl sites for hydroxylation is 2. The number of hydrogen-bond acceptors (Lipinski definition) is 4. The smallest absolute Gasteiger partial charge is 0.305 e. The van der Waals surface area contributed by atoms with Crippen molar-refractivity contribution in [2.24, 2.45) is 0 Å². The van der Waals surface area contributed by atoms with Crippen LogP contribution in [0.4, 0.5) is 5.69 Å². The third-order valence-electron chi connectivity index (χ3n) is 3.17. The van der Waals surface area contributed by atoms with Gasteiger partial charge in [-0.05, 0) is 26.0 Å². The van der Waals surface area contributed by atoms with Gasteiger partial charge in [-0.15, -0.1) is 11.3 Å². The second-order valence-corrected chi connectivity index (χ2v) is 5.70. The van der Waals surface area contributed by atoms with Crippen molar-refractivity contribution < 1.29 is 9.90 Å². The van der Waals surface area contributed by atoms with Crippen molar-refractivity contribution in [3.8, 4) is 0 Å². The Morgan fingerprint density at radius 1 is 1.30 bits per heavy atom. The molecule has 5 heteroatoms. The highest BCUT2D eigenvalue weighted by atomic mass is 32.1. The lowest BCUT2D eigenvalue weighted by atomic mass is 10.2. The first-order valence-corrected chi connectivity index (χ1v) is 7.36. The molecular formula is C15H18N2O2S. The molecule has 0 aliphatic heterocycles. The van der Waals surface area contributed by atoms with Crippen LogP contribution >= 0.6 is 11.3 Å². The van der Waals surface area contributed by atoms with Gasteiger partial charge >= 0.3 is 5.97 Å². The van der Waals surface area contributed by atoms with E-state index in [1.165, 1.54) is 10.4 Å². The zero-order valence-corrected chi connectivity index (χ0v) is 12.5. The maximum atomic E-state index is 10.8. The van der Waals surface area contributed by atoms with Crippen LogP contribution in [0.5, 0.6) is 0 Å². The van der Waals surface area contributed by atoms with Gasteiger partial charge in [-0.1, -0.05) is 17.7 Å². The van der Waals surface area contributed by atoms with Crippen LogP contribution in [0.3, 0.4) is 0 Å². The number of anilines is 1. The van der Waals surface area contributed by atoms with E-state index in [0.29, 0.717) is 13.1 Å². The SMILES string of the molecule is Cc1ccc(N(CCC(=O)O)Cc2scnc2C)cc1. The molecule has 0 bridgehead atoms. The van der Waals surface area contributed by atoms with Gasteiger partial charge in [0.05, 0.1) is 24.2 Å². The van der Waals surface area contributed by atoms with E-state index in [4.69, 9.17) is 5.11 Å². The molecule has 0 unspecified atom stereocenters. The van der Waals surface area contributed by atoms with E-state index in [1.54, 1.807) is 11.3 Å². The van der Waals surface area contributed by atoms with Gasteiger partial charge in [-0.3, -0.25) is 4.79 Å². The predicted molar refractivity (Wildman–Crippen MR) is 81.3 cm³/mol. The summed E-state index contributed by atoms with van der Waals surface area (Å²) in [7, 11) is 0. The fourth-order valence-corrected chi connectivity index (χ4v) is 2.73. The van der Waals surface area contributed by atoms with Crippen molar-refractivity contribution in [3.05, 3.63) is 45.9 Å². The molecule has 0 atom stereocenters. The number of carboxylic acids is 1. The molecule has 2 aromatic rings. The molecule has 20 heavy (non-hydrogen) atoms. The molecule has 106 valence electrons. The van der Waals surface area contributed by atoms with E-state index in [2.05, 4.69) is 9.88 Å². The van der Waals surface area contributed by atoms with Crippen LogP contribution in [-0.2, 0) is 11.3 Å². The first kappa shape index (κ1) is 14.5. The van der Waals surface area contributed by atoms with Gasteiger partial charge in [0.1, 0.15) is 0 Å². The van der Waals surface area contributed by atoms with E-state index in [1.807, 2.05) is 43.6 Å².